The van der Waals surface area contributed by atoms with Crippen molar-refractivity contribution < 1.29 is 28.5 Å². The number of anilines is 1. The molecule has 226 valence electrons. The summed E-state index contributed by atoms with van der Waals surface area (Å²) in [5.41, 5.74) is 3.03. The Morgan fingerprint density at radius 1 is 1.02 bits per heavy atom. The van der Waals surface area contributed by atoms with Crippen molar-refractivity contribution in [3.8, 4) is 22.9 Å². The monoisotopic (exact) mass is 596 g/mol. The van der Waals surface area contributed by atoms with Crippen molar-refractivity contribution in [2.75, 3.05) is 58.8 Å². The van der Waals surface area contributed by atoms with Crippen LogP contribution in [-0.2, 0) is 19.7 Å². The summed E-state index contributed by atoms with van der Waals surface area (Å²) in [4.78, 5) is 28.6. The van der Waals surface area contributed by atoms with Crippen molar-refractivity contribution in [1.29, 1.82) is 0 Å². The minimum absolute atomic E-state index is 0.135. The van der Waals surface area contributed by atoms with E-state index in [0.717, 1.165) is 22.5 Å². The van der Waals surface area contributed by atoms with Crippen molar-refractivity contribution in [1.82, 2.24) is 15.1 Å². The Bertz CT molecular complexity index is 1400. The van der Waals surface area contributed by atoms with E-state index in [1.807, 2.05) is 42.5 Å². The van der Waals surface area contributed by atoms with Gasteiger partial charge in [-0.05, 0) is 48.4 Å². The lowest BCUT2D eigenvalue weighted by molar-refractivity contribution is -0.122. The Morgan fingerprint density at radius 2 is 1.74 bits per heavy atom. The number of fused-ring (bicyclic) bond motifs is 1. The average Bonchev–Trinajstić information content (AvgIpc) is 3.32. The minimum atomic E-state index is -0.376. The van der Waals surface area contributed by atoms with Gasteiger partial charge in [0.15, 0.2) is 11.5 Å². The van der Waals surface area contributed by atoms with Crippen LogP contribution in [0, 0.1) is 0 Å². The summed E-state index contributed by atoms with van der Waals surface area (Å²) in [6, 6.07) is 13.3. The van der Waals surface area contributed by atoms with E-state index in [1.165, 1.54) is 11.8 Å². The number of hydrogen-bond donors (Lipinski definition) is 1. The number of methoxy groups -OCH3 is 4. The number of carbonyl (C=O) groups excluding carboxylic acids is 2. The van der Waals surface area contributed by atoms with Crippen LogP contribution in [0.2, 0.25) is 0 Å². The fraction of sp³-hybridized carbons (Fsp3) is 0.452. The highest BCUT2D eigenvalue weighted by Crippen LogP contribution is 2.49. The zero-order valence-electron chi connectivity index (χ0n) is 25.4. The first kappa shape index (κ1) is 31.2. The van der Waals surface area contributed by atoms with Crippen LogP contribution < -0.4 is 24.4 Å². The average molecular weight is 597 g/mol. The molecule has 10 nitrogen and oxygen atoms in total. The quantitative estimate of drug-likeness (QED) is 0.323. The molecule has 0 bridgehead atoms. The normalized spacial score (nSPS) is 15.2. The number of nitrogens with one attached hydrogen (secondary N) is 1. The van der Waals surface area contributed by atoms with Gasteiger partial charge in [0, 0.05) is 31.2 Å². The number of carbonyl (C=O) groups is 2. The first-order valence-electron chi connectivity index (χ1n) is 13.8. The summed E-state index contributed by atoms with van der Waals surface area (Å²) in [7, 11) is 6.44. The van der Waals surface area contributed by atoms with Crippen LogP contribution in [0.5, 0.6) is 17.2 Å². The Morgan fingerprint density at radius 3 is 2.36 bits per heavy atom. The third-order valence-electron chi connectivity index (χ3n) is 6.98. The number of hydrogen-bond acceptors (Lipinski definition) is 8. The summed E-state index contributed by atoms with van der Waals surface area (Å²) in [5, 5.41) is 7.78. The summed E-state index contributed by atoms with van der Waals surface area (Å²) in [6.07, 6.45) is 0.677. The molecule has 1 aliphatic heterocycles. The zero-order chi connectivity index (χ0) is 30.4. The smallest absolute Gasteiger partial charge is 0.240 e. The molecule has 2 heterocycles. The maximum atomic E-state index is 13.8. The maximum absolute atomic E-state index is 13.8. The number of amides is 2. The summed E-state index contributed by atoms with van der Waals surface area (Å²) in [6.45, 7) is 7.16. The van der Waals surface area contributed by atoms with Crippen LogP contribution in [0.4, 0.5) is 5.82 Å². The lowest BCUT2D eigenvalue weighted by Crippen LogP contribution is -2.42. The van der Waals surface area contributed by atoms with Gasteiger partial charge in [0.2, 0.25) is 11.8 Å². The highest BCUT2D eigenvalue weighted by atomic mass is 32.2. The van der Waals surface area contributed by atoms with Crippen LogP contribution in [0.25, 0.3) is 5.69 Å². The topological polar surface area (TPSA) is 104 Å². The second-order valence-electron chi connectivity index (χ2n) is 10.9. The second kappa shape index (κ2) is 13.5. The van der Waals surface area contributed by atoms with E-state index < -0.39 is 0 Å². The van der Waals surface area contributed by atoms with Gasteiger partial charge < -0.3 is 24.3 Å². The van der Waals surface area contributed by atoms with E-state index in [4.69, 9.17) is 24.0 Å². The molecule has 2 aromatic carbocycles. The third-order valence-corrected chi connectivity index (χ3v) is 8.23. The maximum Gasteiger partial charge on any atom is 0.240 e. The summed E-state index contributed by atoms with van der Waals surface area (Å²) >= 11 is 1.51. The molecule has 0 saturated carbocycles. The lowest BCUT2D eigenvalue weighted by atomic mass is 9.87. The van der Waals surface area contributed by atoms with Gasteiger partial charge in [-0.25, -0.2) is 4.68 Å². The van der Waals surface area contributed by atoms with Crippen molar-refractivity contribution in [2.24, 2.45) is 0 Å². The van der Waals surface area contributed by atoms with Crippen molar-refractivity contribution in [3.63, 3.8) is 0 Å². The molecule has 42 heavy (non-hydrogen) atoms. The van der Waals surface area contributed by atoms with Crippen LogP contribution in [-0.4, -0.2) is 75.5 Å². The number of thioether (sulfide) groups is 1. The van der Waals surface area contributed by atoms with Gasteiger partial charge in [0.25, 0.3) is 0 Å². The van der Waals surface area contributed by atoms with Crippen LogP contribution >= 0.6 is 11.8 Å². The first-order chi connectivity index (χ1) is 20.1. The molecule has 0 aliphatic carbocycles. The van der Waals surface area contributed by atoms with Crippen LogP contribution in [0.1, 0.15) is 49.3 Å². The molecule has 1 N–H and O–H groups in total. The van der Waals surface area contributed by atoms with Crippen molar-refractivity contribution in [2.45, 2.75) is 37.9 Å². The molecule has 3 aromatic rings. The Labute approximate surface area is 251 Å². The van der Waals surface area contributed by atoms with E-state index in [-0.39, 0.29) is 34.8 Å². The molecule has 0 saturated heterocycles. The van der Waals surface area contributed by atoms with Gasteiger partial charge in [-0.2, -0.15) is 5.10 Å². The molecule has 2 amide bonds. The highest BCUT2D eigenvalue weighted by Gasteiger charge is 2.40. The number of benzene rings is 2. The summed E-state index contributed by atoms with van der Waals surface area (Å²) in [5.74, 6) is 2.25. The Hall–Kier alpha value is -3.70. The van der Waals surface area contributed by atoms with Gasteiger partial charge in [0.05, 0.1) is 43.7 Å². The van der Waals surface area contributed by atoms with E-state index in [0.29, 0.717) is 42.6 Å². The number of aromatic nitrogens is 2. The standard InChI is InChI=1S/C31H40N4O6S/c1-31(2,3)29-27-28(20-9-14-23(40-6)24(17-20)41-7)42-19-26(37)34(18-25(36)32-15-8-16-38-4)30(27)35(33-29)21-10-12-22(39-5)13-11-21/h9-14,17,28H,8,15-16,18-19H2,1-7H3,(H,32,36)/t28-/m0/s1. The van der Waals surface area contributed by atoms with Gasteiger partial charge in [0.1, 0.15) is 18.1 Å². The van der Waals surface area contributed by atoms with Crippen LogP contribution in [0.3, 0.4) is 0 Å². The fourth-order valence-electron chi connectivity index (χ4n) is 4.90. The molecule has 4 rings (SSSR count). The molecule has 1 atom stereocenters. The minimum Gasteiger partial charge on any atom is -0.497 e. The molecule has 1 aliphatic rings. The zero-order valence-corrected chi connectivity index (χ0v) is 26.2. The Balaban J connectivity index is 1.92. The molecule has 1 aromatic heterocycles. The number of ether oxygens (including phenoxy) is 4. The molecule has 0 fully saturated rings. The van der Waals surface area contributed by atoms with Gasteiger partial charge in [-0.3, -0.25) is 14.5 Å². The van der Waals surface area contributed by atoms with E-state index in [2.05, 4.69) is 26.1 Å². The lowest BCUT2D eigenvalue weighted by Gasteiger charge is -2.25. The van der Waals surface area contributed by atoms with Crippen molar-refractivity contribution >= 4 is 29.4 Å². The number of nitrogens with zero attached hydrogens (tertiary/aromatic N) is 3. The van der Waals surface area contributed by atoms with Crippen molar-refractivity contribution in [3.05, 3.63) is 59.3 Å². The van der Waals surface area contributed by atoms with Gasteiger partial charge >= 0.3 is 0 Å². The largest absolute Gasteiger partial charge is 0.497 e. The van der Waals surface area contributed by atoms with E-state index in [1.54, 1.807) is 38.0 Å². The molecule has 11 heteroatoms. The first-order valence-corrected chi connectivity index (χ1v) is 14.8. The highest BCUT2D eigenvalue weighted by molar-refractivity contribution is 8.00. The third kappa shape index (κ3) is 6.68. The van der Waals surface area contributed by atoms with Gasteiger partial charge in [-0.15, -0.1) is 11.8 Å². The Kier molecular flexibility index (Phi) is 10.1. The predicted octanol–water partition coefficient (Wildman–Crippen LogP) is 4.52. The SMILES string of the molecule is COCCCNC(=O)CN1C(=O)CS[C@@H](c2ccc(OC)c(OC)c2)c2c(C(C)(C)C)nn(-c3ccc(OC)cc3)c21. The second-order valence-corrected chi connectivity index (χ2v) is 12.0. The molecular weight excluding hydrogens is 556 g/mol. The number of rotatable bonds is 11. The molecule has 0 unspecified atom stereocenters. The fourth-order valence-corrected chi connectivity index (χ4v) is 6.09. The van der Waals surface area contributed by atoms with E-state index >= 15 is 0 Å². The molecular formula is C31H40N4O6S. The summed E-state index contributed by atoms with van der Waals surface area (Å²) < 4.78 is 23.4. The van der Waals surface area contributed by atoms with Crippen LogP contribution in [0.15, 0.2) is 42.5 Å². The molecule has 0 radical (unpaired) electrons. The predicted molar refractivity (Wildman–Crippen MR) is 165 cm³/mol. The molecule has 0 spiro atoms. The van der Waals surface area contributed by atoms with Gasteiger partial charge in [-0.1, -0.05) is 26.8 Å². The van der Waals surface area contributed by atoms with E-state index in [9.17, 15) is 9.59 Å².